The van der Waals surface area contributed by atoms with Crippen molar-refractivity contribution in [3.63, 3.8) is 0 Å². The van der Waals surface area contributed by atoms with E-state index in [-0.39, 0.29) is 17.5 Å². The number of fused-ring (bicyclic) bond motifs is 1. The second-order valence-corrected chi connectivity index (χ2v) is 9.52. The number of aromatic hydroxyl groups is 1. The molecule has 0 radical (unpaired) electrons. The molecule has 2 aliphatic rings. The molecular formula is C32H29FN2O. The third kappa shape index (κ3) is 4.83. The molecule has 0 amide bonds. The molecule has 3 nitrogen and oxygen atoms in total. The molecule has 180 valence electrons. The van der Waals surface area contributed by atoms with Crippen LogP contribution in [0.3, 0.4) is 0 Å². The quantitative estimate of drug-likeness (QED) is 0.400. The first kappa shape index (κ1) is 23.6. The molecule has 1 heterocycles. The van der Waals surface area contributed by atoms with E-state index >= 15 is 0 Å². The van der Waals surface area contributed by atoms with E-state index in [1.54, 1.807) is 13.0 Å². The summed E-state index contributed by atoms with van der Waals surface area (Å²) in [6.07, 6.45) is 10.4. The lowest BCUT2D eigenvalue weighted by molar-refractivity contribution is 0.471. The number of nitrogens with zero attached hydrogens (tertiary/aromatic N) is 1. The average molecular weight is 477 g/mol. The summed E-state index contributed by atoms with van der Waals surface area (Å²) < 4.78 is 14.1. The molecular weight excluding hydrogens is 447 g/mol. The maximum Gasteiger partial charge on any atom is 0.170 e. The minimum absolute atomic E-state index is 0.130. The van der Waals surface area contributed by atoms with E-state index in [0.717, 1.165) is 57.6 Å². The summed E-state index contributed by atoms with van der Waals surface area (Å²) in [6.45, 7) is 6.39. The monoisotopic (exact) mass is 476 g/mol. The van der Waals surface area contributed by atoms with Crippen LogP contribution in [0, 0.1) is 31.8 Å². The van der Waals surface area contributed by atoms with Crippen molar-refractivity contribution in [3.8, 4) is 5.75 Å². The Morgan fingerprint density at radius 2 is 1.75 bits per heavy atom. The van der Waals surface area contributed by atoms with E-state index in [4.69, 9.17) is 0 Å². The fraction of sp³-hybridized carbons (Fsp3) is 0.219. The maximum atomic E-state index is 14.1. The van der Waals surface area contributed by atoms with E-state index in [2.05, 4.69) is 65.8 Å². The molecule has 36 heavy (non-hydrogen) atoms. The number of nitrogens with one attached hydrogen (secondary N) is 1. The van der Waals surface area contributed by atoms with E-state index in [0.29, 0.717) is 12.1 Å². The molecule has 0 saturated carbocycles. The third-order valence-corrected chi connectivity index (χ3v) is 6.79. The molecule has 0 bridgehead atoms. The van der Waals surface area contributed by atoms with Crippen molar-refractivity contribution in [1.29, 1.82) is 0 Å². The van der Waals surface area contributed by atoms with Gasteiger partial charge >= 0.3 is 0 Å². The highest BCUT2D eigenvalue weighted by molar-refractivity contribution is 6.06. The SMILES string of the molecule is Cc1cc(CNC2=C/CC/C=C(c3ccc(F)c(C)c3)/C(c3ccc4c(c3)C(C)C=N4)=C\2)c#cc1O. The van der Waals surface area contributed by atoms with Crippen molar-refractivity contribution < 1.29 is 9.50 Å². The Morgan fingerprint density at radius 1 is 0.972 bits per heavy atom. The molecule has 1 atom stereocenters. The third-order valence-electron chi connectivity index (χ3n) is 6.79. The van der Waals surface area contributed by atoms with Crippen LogP contribution in [0.15, 0.2) is 71.4 Å². The smallest absolute Gasteiger partial charge is 0.170 e. The van der Waals surface area contributed by atoms with Gasteiger partial charge in [0.1, 0.15) is 5.82 Å². The summed E-state index contributed by atoms with van der Waals surface area (Å²) in [7, 11) is 0. The van der Waals surface area contributed by atoms with Crippen molar-refractivity contribution >= 4 is 23.0 Å². The number of aliphatic imine (C=N–C) groups is 1. The number of halogens is 1. The fourth-order valence-electron chi connectivity index (χ4n) is 4.69. The topological polar surface area (TPSA) is 44.6 Å². The van der Waals surface area contributed by atoms with Crippen LogP contribution in [-0.2, 0) is 6.54 Å². The second-order valence-electron chi connectivity index (χ2n) is 9.52. The zero-order valence-corrected chi connectivity index (χ0v) is 20.8. The number of hydrogen-bond donors (Lipinski definition) is 2. The lowest BCUT2D eigenvalue weighted by atomic mass is 9.87. The van der Waals surface area contributed by atoms with Gasteiger partial charge in [0.25, 0.3) is 0 Å². The number of rotatable bonds is 5. The van der Waals surface area contributed by atoms with Crippen LogP contribution in [0.2, 0.25) is 0 Å². The molecule has 0 saturated heterocycles. The summed E-state index contributed by atoms with van der Waals surface area (Å²) in [6, 6.07) is 19.5. The lowest BCUT2D eigenvalue weighted by Gasteiger charge is -2.19. The van der Waals surface area contributed by atoms with Gasteiger partial charge in [0, 0.05) is 35.5 Å². The molecule has 3 aromatic rings. The normalized spacial score (nSPS) is 21.1. The van der Waals surface area contributed by atoms with Gasteiger partial charge in [-0.25, -0.2) is 4.39 Å². The average Bonchev–Trinajstić information content (AvgIpc) is 3.23. The molecule has 1 aliphatic heterocycles. The Balaban J connectivity index is 1.55. The van der Waals surface area contributed by atoms with Crippen LogP contribution >= 0.6 is 0 Å². The minimum Gasteiger partial charge on any atom is -0.500 e. The van der Waals surface area contributed by atoms with E-state index < -0.39 is 0 Å². The van der Waals surface area contributed by atoms with Crippen LogP contribution in [0.4, 0.5) is 10.1 Å². The summed E-state index contributed by atoms with van der Waals surface area (Å²) >= 11 is 0. The Hall–Kier alpha value is -4.10. The number of aryl methyl sites for hydroxylation is 2. The van der Waals surface area contributed by atoms with Crippen LogP contribution in [0.1, 0.15) is 59.1 Å². The van der Waals surface area contributed by atoms with Crippen LogP contribution in [-0.4, -0.2) is 11.3 Å². The first-order valence-corrected chi connectivity index (χ1v) is 12.3. The predicted octanol–water partition coefficient (Wildman–Crippen LogP) is 7.50. The van der Waals surface area contributed by atoms with E-state index in [9.17, 15) is 9.50 Å². The lowest BCUT2D eigenvalue weighted by Crippen LogP contribution is -2.12. The molecule has 0 fully saturated rings. The van der Waals surface area contributed by atoms with Crippen LogP contribution in [0.25, 0.3) is 11.1 Å². The summed E-state index contributed by atoms with van der Waals surface area (Å²) in [5.41, 5.74) is 9.87. The largest absolute Gasteiger partial charge is 0.500 e. The van der Waals surface area contributed by atoms with Crippen LogP contribution < -0.4 is 5.32 Å². The number of allylic oxidation sites excluding steroid dienone is 5. The Kier molecular flexibility index (Phi) is 6.48. The molecule has 5 rings (SSSR count). The van der Waals surface area contributed by atoms with Crippen molar-refractivity contribution in [3.05, 3.63) is 118 Å². The van der Waals surface area contributed by atoms with Gasteiger partial charge in [0.2, 0.25) is 0 Å². The molecule has 3 aromatic carbocycles. The highest BCUT2D eigenvalue weighted by atomic mass is 19.1. The van der Waals surface area contributed by atoms with Crippen molar-refractivity contribution in [2.45, 2.75) is 46.1 Å². The summed E-state index contributed by atoms with van der Waals surface area (Å²) in [4.78, 5) is 4.54. The van der Waals surface area contributed by atoms with Gasteiger partial charge in [-0.3, -0.25) is 4.99 Å². The molecule has 1 aliphatic carbocycles. The predicted molar refractivity (Wildman–Crippen MR) is 145 cm³/mol. The Labute approximate surface area is 212 Å². The first-order valence-electron chi connectivity index (χ1n) is 12.3. The molecule has 0 spiro atoms. The van der Waals surface area contributed by atoms with Crippen molar-refractivity contribution in [2.75, 3.05) is 0 Å². The van der Waals surface area contributed by atoms with Gasteiger partial charge in [0.15, 0.2) is 5.75 Å². The van der Waals surface area contributed by atoms with Crippen molar-refractivity contribution in [1.82, 2.24) is 5.32 Å². The fourth-order valence-corrected chi connectivity index (χ4v) is 4.69. The van der Waals surface area contributed by atoms with E-state index in [1.165, 1.54) is 5.56 Å². The second kappa shape index (κ2) is 9.87. The minimum atomic E-state index is -0.196. The first-order chi connectivity index (χ1) is 17.4. The van der Waals surface area contributed by atoms with Gasteiger partial charge in [-0.1, -0.05) is 37.3 Å². The molecule has 0 aromatic heterocycles. The zero-order valence-electron chi connectivity index (χ0n) is 20.8. The van der Waals surface area contributed by atoms with Gasteiger partial charge in [-0.05, 0) is 103 Å². The number of hydrogen-bond acceptors (Lipinski definition) is 3. The standard InChI is InChI=1S/C32H29FN2O/c1-20-15-24(9-11-30(20)33)27-7-5-4-6-26(34-19-23-8-13-32(36)21(2)14-23)17-29(27)25-10-12-31-28(16-25)22(3)18-35-31/h6-7,9-12,14-18,22,34,36H,4-5,19H2,1-3H3/b26-6+,27-7+,29-17-. The molecule has 1 unspecified atom stereocenters. The molecule has 2 N–H and O–H groups in total. The molecule has 4 heteroatoms. The highest BCUT2D eigenvalue weighted by Crippen LogP contribution is 2.39. The van der Waals surface area contributed by atoms with Gasteiger partial charge in [-0.2, -0.15) is 0 Å². The van der Waals surface area contributed by atoms with E-state index in [1.807, 2.05) is 31.3 Å². The highest BCUT2D eigenvalue weighted by Gasteiger charge is 2.19. The zero-order chi connectivity index (χ0) is 25.2. The maximum absolute atomic E-state index is 14.1. The van der Waals surface area contributed by atoms with Crippen LogP contribution in [0.5, 0.6) is 5.75 Å². The number of benzene rings is 2. The summed E-state index contributed by atoms with van der Waals surface area (Å²) in [5, 5.41) is 13.3. The summed E-state index contributed by atoms with van der Waals surface area (Å²) in [5.74, 6) is 0.205. The van der Waals surface area contributed by atoms with Gasteiger partial charge < -0.3 is 10.4 Å². The van der Waals surface area contributed by atoms with Gasteiger partial charge in [-0.15, -0.1) is 0 Å². The van der Waals surface area contributed by atoms with Crippen molar-refractivity contribution in [2.24, 2.45) is 4.99 Å². The van der Waals surface area contributed by atoms with Gasteiger partial charge in [0.05, 0.1) is 5.69 Å². The Bertz CT molecular complexity index is 1440. The Morgan fingerprint density at radius 3 is 2.56 bits per heavy atom.